The summed E-state index contributed by atoms with van der Waals surface area (Å²) in [6, 6.07) is 17.3. The molecule has 0 saturated heterocycles. The fraction of sp³-hybridized carbons (Fsp3) is 0.429. The lowest BCUT2D eigenvalue weighted by molar-refractivity contribution is -0.0429. The van der Waals surface area contributed by atoms with Crippen LogP contribution in [0.4, 0.5) is 0 Å². The highest BCUT2D eigenvalue weighted by Crippen LogP contribution is 2.31. The number of rotatable bonds is 4. The summed E-state index contributed by atoms with van der Waals surface area (Å²) >= 11 is 0. The molecule has 2 aromatic rings. The first-order valence-electron chi connectivity index (χ1n) is 8.39. The summed E-state index contributed by atoms with van der Waals surface area (Å²) in [5.74, 6) is 0.270. The highest BCUT2D eigenvalue weighted by molar-refractivity contribution is 5.33. The molecule has 0 aliphatic carbocycles. The Labute approximate surface area is 146 Å². The summed E-state index contributed by atoms with van der Waals surface area (Å²) in [6.45, 7) is 9.40. The van der Waals surface area contributed by atoms with Gasteiger partial charge in [-0.3, -0.25) is 0 Å². The monoisotopic (exact) mass is 329 g/mol. The molecule has 0 saturated carbocycles. The molecule has 1 unspecified atom stereocenters. The minimum absolute atomic E-state index is 0.123. The fourth-order valence-corrected chi connectivity index (χ4v) is 1.96. The third kappa shape index (κ3) is 7.62. The topological polar surface area (TPSA) is 32.7 Å². The van der Waals surface area contributed by atoms with Gasteiger partial charge in [0.2, 0.25) is 0 Å². The molecule has 24 heavy (non-hydrogen) atoms. The Bertz CT molecular complexity index is 571. The number of phenolic OH excluding ortho intramolecular Hbond substituents is 1. The predicted molar refractivity (Wildman–Crippen MR) is 101 cm³/mol. The Morgan fingerprint density at radius 3 is 1.79 bits per heavy atom. The molecule has 0 heterocycles. The lowest BCUT2D eigenvalue weighted by Crippen LogP contribution is -2.23. The Morgan fingerprint density at radius 1 is 0.917 bits per heavy atom. The second kappa shape index (κ2) is 9.45. The van der Waals surface area contributed by atoms with Gasteiger partial charge in [0.05, 0.1) is 5.60 Å². The van der Waals surface area contributed by atoms with E-state index in [1.165, 1.54) is 0 Å². The molecule has 0 aromatic heterocycles. The molecule has 3 heteroatoms. The van der Waals surface area contributed by atoms with E-state index in [0.29, 0.717) is 0 Å². The average Bonchev–Trinajstić information content (AvgIpc) is 2.54. The van der Waals surface area contributed by atoms with Gasteiger partial charge in [0.1, 0.15) is 11.9 Å². The maximum absolute atomic E-state index is 9.40. The van der Waals surface area contributed by atoms with Crippen molar-refractivity contribution in [3.05, 3.63) is 65.7 Å². The number of benzene rings is 2. The summed E-state index contributed by atoms with van der Waals surface area (Å²) in [6.07, 6.45) is -0.123. The molecule has 0 bridgehead atoms. The summed E-state index contributed by atoms with van der Waals surface area (Å²) in [4.78, 5) is 2.12. The number of ether oxygens (including phenoxy) is 1. The van der Waals surface area contributed by atoms with E-state index in [9.17, 15) is 5.11 Å². The van der Waals surface area contributed by atoms with Crippen LogP contribution in [0.2, 0.25) is 0 Å². The molecule has 0 amide bonds. The Kier molecular flexibility index (Phi) is 7.96. The van der Waals surface area contributed by atoms with Crippen LogP contribution in [0, 0.1) is 0 Å². The van der Waals surface area contributed by atoms with E-state index in [1.54, 1.807) is 12.1 Å². The standard InChI is InChI=1S/C17H20O2.C4H11N/c1-17(2,3)19-16(13-7-5-4-6-8-13)14-9-11-15(18)12-10-14;1-4-5(2)3/h4-12,16,18H,1-3H3;4H2,1-3H3. The van der Waals surface area contributed by atoms with Crippen LogP contribution < -0.4 is 0 Å². The van der Waals surface area contributed by atoms with Crippen LogP contribution in [0.25, 0.3) is 0 Å². The zero-order valence-electron chi connectivity index (χ0n) is 15.8. The maximum Gasteiger partial charge on any atom is 0.115 e. The number of hydrogen-bond acceptors (Lipinski definition) is 3. The second-order valence-electron chi connectivity index (χ2n) is 7.01. The van der Waals surface area contributed by atoms with Gasteiger partial charge in [0.25, 0.3) is 0 Å². The fourth-order valence-electron chi connectivity index (χ4n) is 1.96. The van der Waals surface area contributed by atoms with Crippen molar-refractivity contribution in [2.75, 3.05) is 20.6 Å². The Hall–Kier alpha value is -1.84. The van der Waals surface area contributed by atoms with Crippen molar-refractivity contribution in [1.29, 1.82) is 0 Å². The molecule has 132 valence electrons. The number of nitrogens with zero attached hydrogens (tertiary/aromatic N) is 1. The van der Waals surface area contributed by atoms with E-state index in [-0.39, 0.29) is 17.5 Å². The SMILES string of the molecule is CC(C)(C)OC(c1ccccc1)c1ccc(O)cc1.CCN(C)C. The van der Waals surface area contributed by atoms with Crippen LogP contribution in [0.5, 0.6) is 5.75 Å². The normalized spacial score (nSPS) is 12.5. The van der Waals surface area contributed by atoms with E-state index in [4.69, 9.17) is 4.74 Å². The molecule has 0 radical (unpaired) electrons. The van der Waals surface area contributed by atoms with Crippen LogP contribution in [0.1, 0.15) is 44.9 Å². The largest absolute Gasteiger partial charge is 0.508 e. The molecular formula is C21H31NO2. The minimum Gasteiger partial charge on any atom is -0.508 e. The van der Waals surface area contributed by atoms with Gasteiger partial charge in [-0.15, -0.1) is 0 Å². The molecule has 2 aromatic carbocycles. The number of aromatic hydroxyl groups is 1. The van der Waals surface area contributed by atoms with E-state index in [0.717, 1.165) is 17.7 Å². The number of hydrogen-bond donors (Lipinski definition) is 1. The quantitative estimate of drug-likeness (QED) is 0.869. The van der Waals surface area contributed by atoms with Gasteiger partial charge < -0.3 is 14.7 Å². The molecule has 3 nitrogen and oxygen atoms in total. The minimum atomic E-state index is -0.238. The first-order chi connectivity index (χ1) is 11.2. The zero-order valence-corrected chi connectivity index (χ0v) is 15.8. The van der Waals surface area contributed by atoms with Crippen LogP contribution in [-0.4, -0.2) is 36.2 Å². The van der Waals surface area contributed by atoms with Crippen LogP contribution in [0.15, 0.2) is 54.6 Å². The van der Waals surface area contributed by atoms with Gasteiger partial charge in [-0.1, -0.05) is 49.4 Å². The Morgan fingerprint density at radius 2 is 1.38 bits per heavy atom. The zero-order chi connectivity index (χ0) is 18.2. The van der Waals surface area contributed by atoms with Gasteiger partial charge in [-0.2, -0.15) is 0 Å². The van der Waals surface area contributed by atoms with E-state index in [1.807, 2.05) is 51.1 Å². The van der Waals surface area contributed by atoms with Crippen LogP contribution in [-0.2, 0) is 4.74 Å². The molecule has 2 rings (SSSR count). The third-order valence-corrected chi connectivity index (χ3v) is 3.40. The molecule has 0 spiro atoms. The van der Waals surface area contributed by atoms with Gasteiger partial charge in [-0.25, -0.2) is 0 Å². The van der Waals surface area contributed by atoms with Crippen molar-refractivity contribution in [3.8, 4) is 5.75 Å². The smallest absolute Gasteiger partial charge is 0.115 e. The average molecular weight is 329 g/mol. The summed E-state index contributed by atoms with van der Waals surface area (Å²) in [7, 11) is 4.11. The number of phenols is 1. The van der Waals surface area contributed by atoms with Crippen molar-refractivity contribution in [2.24, 2.45) is 0 Å². The van der Waals surface area contributed by atoms with Crippen molar-refractivity contribution in [2.45, 2.75) is 39.4 Å². The van der Waals surface area contributed by atoms with Gasteiger partial charge >= 0.3 is 0 Å². The van der Waals surface area contributed by atoms with E-state index >= 15 is 0 Å². The first-order valence-corrected chi connectivity index (χ1v) is 8.39. The van der Waals surface area contributed by atoms with Crippen molar-refractivity contribution >= 4 is 0 Å². The highest BCUT2D eigenvalue weighted by atomic mass is 16.5. The molecule has 1 N–H and O–H groups in total. The van der Waals surface area contributed by atoms with Crippen molar-refractivity contribution in [1.82, 2.24) is 4.90 Å². The van der Waals surface area contributed by atoms with E-state index < -0.39 is 0 Å². The van der Waals surface area contributed by atoms with Crippen molar-refractivity contribution < 1.29 is 9.84 Å². The molecule has 0 aliphatic heterocycles. The summed E-state index contributed by atoms with van der Waals surface area (Å²) in [5, 5.41) is 9.40. The molecular weight excluding hydrogens is 298 g/mol. The van der Waals surface area contributed by atoms with Crippen LogP contribution in [0.3, 0.4) is 0 Å². The van der Waals surface area contributed by atoms with E-state index in [2.05, 4.69) is 38.1 Å². The third-order valence-electron chi connectivity index (χ3n) is 3.40. The second-order valence-corrected chi connectivity index (χ2v) is 7.01. The van der Waals surface area contributed by atoms with Crippen molar-refractivity contribution in [3.63, 3.8) is 0 Å². The van der Waals surface area contributed by atoms with Crippen LogP contribution >= 0.6 is 0 Å². The lowest BCUT2D eigenvalue weighted by atomic mass is 10.00. The first kappa shape index (κ1) is 20.2. The van der Waals surface area contributed by atoms with Gasteiger partial charge in [-0.05, 0) is 64.7 Å². The highest BCUT2D eigenvalue weighted by Gasteiger charge is 2.21. The molecule has 1 atom stereocenters. The molecule has 0 aliphatic rings. The Balaban J connectivity index is 0.000000505. The summed E-state index contributed by atoms with van der Waals surface area (Å²) < 4.78 is 6.17. The van der Waals surface area contributed by atoms with Gasteiger partial charge in [0.15, 0.2) is 0 Å². The van der Waals surface area contributed by atoms with Gasteiger partial charge in [0, 0.05) is 0 Å². The maximum atomic E-state index is 9.40. The lowest BCUT2D eigenvalue weighted by Gasteiger charge is -2.28. The summed E-state index contributed by atoms with van der Waals surface area (Å²) in [5.41, 5.74) is 1.92. The molecule has 0 fully saturated rings. The predicted octanol–water partition coefficient (Wildman–Crippen LogP) is 4.86.